The predicted molar refractivity (Wildman–Crippen MR) is 123 cm³/mol. The van der Waals surface area contributed by atoms with Crippen molar-refractivity contribution in [1.29, 1.82) is 0 Å². The maximum atomic E-state index is 13.1. The molecule has 32 heavy (non-hydrogen) atoms. The van der Waals surface area contributed by atoms with Gasteiger partial charge in [0.05, 0.1) is 34.7 Å². The molecule has 1 amide bonds. The number of sulfonamides is 1. The van der Waals surface area contributed by atoms with Crippen molar-refractivity contribution in [3.8, 4) is 0 Å². The summed E-state index contributed by atoms with van der Waals surface area (Å²) in [5.41, 5.74) is 0.286. The number of nitrogens with zero attached hydrogens (tertiary/aromatic N) is 2. The highest BCUT2D eigenvalue weighted by atomic mass is 35.5. The Hall–Kier alpha value is -1.68. The number of ether oxygens (including phenoxy) is 1. The summed E-state index contributed by atoms with van der Waals surface area (Å²) in [6.07, 6.45) is 5.06. The second-order valence-electron chi connectivity index (χ2n) is 8.31. The van der Waals surface area contributed by atoms with Crippen molar-refractivity contribution in [3.63, 3.8) is 0 Å². The molecule has 0 aromatic heterocycles. The van der Waals surface area contributed by atoms with Gasteiger partial charge >= 0.3 is 5.97 Å². The topological polar surface area (TPSA) is 96.0 Å². The maximum Gasteiger partial charge on any atom is 0.309 e. The Morgan fingerprint density at radius 1 is 1.09 bits per heavy atom. The minimum atomic E-state index is -3.64. The third kappa shape index (κ3) is 6.43. The first-order valence-corrected chi connectivity index (χ1v) is 13.1. The second-order valence-corrected chi connectivity index (χ2v) is 10.7. The largest absolute Gasteiger partial charge is 0.466 e. The highest BCUT2D eigenvalue weighted by molar-refractivity contribution is 7.89. The van der Waals surface area contributed by atoms with Gasteiger partial charge in [0.2, 0.25) is 15.9 Å². The van der Waals surface area contributed by atoms with Crippen LogP contribution in [-0.2, 0) is 24.3 Å². The summed E-state index contributed by atoms with van der Waals surface area (Å²) in [4.78, 5) is 26.6. The predicted octanol–water partition coefficient (Wildman–Crippen LogP) is 3.12. The zero-order valence-electron chi connectivity index (χ0n) is 18.5. The Bertz CT molecular complexity index is 908. The smallest absolute Gasteiger partial charge is 0.309 e. The van der Waals surface area contributed by atoms with E-state index in [9.17, 15) is 18.0 Å². The number of esters is 1. The summed E-state index contributed by atoms with van der Waals surface area (Å²) in [5.74, 6) is -0.568. The molecule has 0 bridgehead atoms. The summed E-state index contributed by atoms with van der Waals surface area (Å²) in [7, 11) is -3.64. The molecule has 2 saturated heterocycles. The van der Waals surface area contributed by atoms with Crippen LogP contribution in [0.25, 0.3) is 0 Å². The monoisotopic (exact) mass is 485 g/mol. The van der Waals surface area contributed by atoms with Crippen molar-refractivity contribution in [2.75, 3.05) is 44.6 Å². The fraction of sp³-hybridized carbons (Fsp3) is 0.636. The Morgan fingerprint density at radius 2 is 1.75 bits per heavy atom. The molecule has 0 spiro atoms. The summed E-state index contributed by atoms with van der Waals surface area (Å²) >= 11 is 6.24. The van der Waals surface area contributed by atoms with E-state index in [0.717, 1.165) is 25.7 Å². The first-order valence-electron chi connectivity index (χ1n) is 11.3. The average molecular weight is 486 g/mol. The van der Waals surface area contributed by atoms with Gasteiger partial charge in [0.25, 0.3) is 0 Å². The number of hydrogen-bond acceptors (Lipinski definition) is 6. The number of piperidine rings is 1. The number of amides is 1. The molecule has 8 nitrogen and oxygen atoms in total. The molecule has 0 radical (unpaired) electrons. The maximum absolute atomic E-state index is 13.1. The average Bonchev–Trinajstić information content (AvgIpc) is 3.06. The van der Waals surface area contributed by atoms with Crippen LogP contribution in [0.2, 0.25) is 5.02 Å². The number of benzene rings is 1. The minimum Gasteiger partial charge on any atom is -0.466 e. The molecule has 1 aromatic rings. The Balaban J connectivity index is 1.60. The van der Waals surface area contributed by atoms with E-state index >= 15 is 0 Å². The van der Waals surface area contributed by atoms with Gasteiger partial charge in [-0.1, -0.05) is 24.4 Å². The van der Waals surface area contributed by atoms with Crippen LogP contribution in [0.5, 0.6) is 0 Å². The third-order valence-corrected chi connectivity index (χ3v) is 8.21. The standard InChI is InChI=1S/C22H32ClN3O5S/c1-2-31-22(28)17-9-13-25(14-10-17)16-21(27)24-20-15-18(7-8-19(20)23)32(29,30)26-11-5-3-4-6-12-26/h7-8,15,17H,2-6,9-14,16H2,1H3,(H,24,27). The zero-order valence-corrected chi connectivity index (χ0v) is 20.1. The van der Waals surface area contributed by atoms with Crippen LogP contribution in [-0.4, -0.2) is 68.8 Å². The van der Waals surface area contributed by atoms with Crippen molar-refractivity contribution in [2.24, 2.45) is 5.92 Å². The van der Waals surface area contributed by atoms with Crippen LogP contribution in [0.1, 0.15) is 45.4 Å². The zero-order chi connectivity index (χ0) is 23.1. The number of rotatable bonds is 7. The van der Waals surface area contributed by atoms with E-state index < -0.39 is 10.0 Å². The molecule has 178 valence electrons. The first kappa shape index (κ1) is 25.0. The van der Waals surface area contributed by atoms with Gasteiger partial charge in [-0.25, -0.2) is 8.42 Å². The molecule has 2 heterocycles. The number of halogens is 1. The van der Waals surface area contributed by atoms with Crippen molar-refractivity contribution in [1.82, 2.24) is 9.21 Å². The van der Waals surface area contributed by atoms with Crippen molar-refractivity contribution < 1.29 is 22.7 Å². The van der Waals surface area contributed by atoms with E-state index in [1.807, 2.05) is 4.90 Å². The summed E-state index contributed by atoms with van der Waals surface area (Å²) in [6.45, 7) is 4.56. The van der Waals surface area contributed by atoms with E-state index in [1.165, 1.54) is 22.5 Å². The molecule has 3 rings (SSSR count). The van der Waals surface area contributed by atoms with E-state index in [-0.39, 0.29) is 39.9 Å². The summed E-state index contributed by atoms with van der Waals surface area (Å²) in [6, 6.07) is 4.43. The molecule has 10 heteroatoms. The molecule has 1 N–H and O–H groups in total. The molecule has 2 aliphatic heterocycles. The van der Waals surface area contributed by atoms with Gasteiger partial charge in [-0.2, -0.15) is 4.31 Å². The van der Waals surface area contributed by atoms with Crippen LogP contribution in [0.4, 0.5) is 5.69 Å². The quantitative estimate of drug-likeness (QED) is 0.596. The third-order valence-electron chi connectivity index (χ3n) is 5.99. The lowest BCUT2D eigenvalue weighted by Crippen LogP contribution is -2.41. The highest BCUT2D eigenvalue weighted by Crippen LogP contribution is 2.28. The van der Waals surface area contributed by atoms with E-state index in [0.29, 0.717) is 45.6 Å². The Labute approximate surface area is 195 Å². The lowest BCUT2D eigenvalue weighted by molar-refractivity contribution is -0.149. The Morgan fingerprint density at radius 3 is 2.38 bits per heavy atom. The fourth-order valence-corrected chi connectivity index (χ4v) is 5.88. The van der Waals surface area contributed by atoms with Crippen LogP contribution in [0.3, 0.4) is 0 Å². The van der Waals surface area contributed by atoms with Crippen LogP contribution in [0.15, 0.2) is 23.1 Å². The normalized spacial score (nSPS) is 19.3. The fourth-order valence-electron chi connectivity index (χ4n) is 4.17. The molecule has 1 aromatic carbocycles. The van der Waals surface area contributed by atoms with Gasteiger partial charge in [-0.05, 0) is 63.9 Å². The lowest BCUT2D eigenvalue weighted by Gasteiger charge is -2.30. The second kappa shape index (κ2) is 11.4. The van der Waals surface area contributed by atoms with Crippen LogP contribution >= 0.6 is 11.6 Å². The SMILES string of the molecule is CCOC(=O)C1CCN(CC(=O)Nc2cc(S(=O)(=O)N3CCCCCC3)ccc2Cl)CC1. The molecule has 0 unspecified atom stereocenters. The van der Waals surface area contributed by atoms with Gasteiger partial charge in [0.1, 0.15) is 0 Å². The van der Waals surface area contributed by atoms with Crippen molar-refractivity contribution >= 4 is 39.2 Å². The van der Waals surface area contributed by atoms with E-state index in [2.05, 4.69) is 5.32 Å². The van der Waals surface area contributed by atoms with Gasteiger partial charge in [0, 0.05) is 13.1 Å². The van der Waals surface area contributed by atoms with Gasteiger partial charge in [0.15, 0.2) is 0 Å². The highest BCUT2D eigenvalue weighted by Gasteiger charge is 2.28. The molecule has 0 atom stereocenters. The Kier molecular flexibility index (Phi) is 8.93. The number of carbonyl (C=O) groups is 2. The number of anilines is 1. The lowest BCUT2D eigenvalue weighted by atomic mass is 9.97. The summed E-state index contributed by atoms with van der Waals surface area (Å²) < 4.78 is 32.7. The molecule has 0 saturated carbocycles. The van der Waals surface area contributed by atoms with Gasteiger partial charge in [-0.15, -0.1) is 0 Å². The molecular formula is C22H32ClN3O5S. The van der Waals surface area contributed by atoms with E-state index in [4.69, 9.17) is 16.3 Å². The number of carbonyl (C=O) groups excluding carboxylic acids is 2. The number of hydrogen-bond donors (Lipinski definition) is 1. The van der Waals surface area contributed by atoms with Crippen LogP contribution in [0, 0.1) is 5.92 Å². The van der Waals surface area contributed by atoms with E-state index in [1.54, 1.807) is 6.92 Å². The first-order chi connectivity index (χ1) is 15.3. The number of nitrogens with one attached hydrogen (secondary N) is 1. The molecular weight excluding hydrogens is 454 g/mol. The minimum absolute atomic E-state index is 0.121. The van der Waals surface area contributed by atoms with Gasteiger partial charge < -0.3 is 10.1 Å². The molecule has 0 aliphatic carbocycles. The number of likely N-dealkylation sites (tertiary alicyclic amines) is 1. The van der Waals surface area contributed by atoms with Crippen molar-refractivity contribution in [3.05, 3.63) is 23.2 Å². The molecule has 2 aliphatic rings. The van der Waals surface area contributed by atoms with Crippen molar-refractivity contribution in [2.45, 2.75) is 50.3 Å². The summed E-state index contributed by atoms with van der Waals surface area (Å²) in [5, 5.41) is 3.04. The van der Waals surface area contributed by atoms with Gasteiger partial charge in [-0.3, -0.25) is 14.5 Å². The van der Waals surface area contributed by atoms with Crippen LogP contribution < -0.4 is 5.32 Å². The molecule has 2 fully saturated rings.